The molecule has 0 radical (unpaired) electrons. The van der Waals surface area contributed by atoms with Gasteiger partial charge in [0.15, 0.2) is 0 Å². The summed E-state index contributed by atoms with van der Waals surface area (Å²) in [4.78, 5) is 0. The van der Waals surface area contributed by atoms with Crippen molar-refractivity contribution >= 4 is 8.80 Å². The molecule has 1 rings (SSSR count). The van der Waals surface area contributed by atoms with Crippen LogP contribution in [-0.2, 0) is 13.3 Å². The summed E-state index contributed by atoms with van der Waals surface area (Å²) in [6, 6.07) is 0.933. The van der Waals surface area contributed by atoms with Gasteiger partial charge in [-0.2, -0.15) is 0 Å². The highest BCUT2D eigenvalue weighted by atomic mass is 28.4. The van der Waals surface area contributed by atoms with Gasteiger partial charge in [0.1, 0.15) is 0 Å². The van der Waals surface area contributed by atoms with E-state index in [-0.39, 0.29) is 5.41 Å². The minimum Gasteiger partial charge on any atom is -0.374 e. The maximum absolute atomic E-state index is 5.95. The lowest BCUT2D eigenvalue weighted by Gasteiger charge is -2.37. The van der Waals surface area contributed by atoms with Crippen molar-refractivity contribution in [1.29, 1.82) is 0 Å². The molecule has 1 aliphatic carbocycles. The molecule has 22 heavy (non-hydrogen) atoms. The van der Waals surface area contributed by atoms with E-state index in [1.807, 2.05) is 20.8 Å². The van der Waals surface area contributed by atoms with Gasteiger partial charge >= 0.3 is 8.80 Å². The van der Waals surface area contributed by atoms with Gasteiger partial charge in [-0.3, -0.25) is 0 Å². The van der Waals surface area contributed by atoms with Crippen LogP contribution in [-0.4, -0.2) is 28.6 Å². The van der Waals surface area contributed by atoms with Gasteiger partial charge in [-0.1, -0.05) is 12.2 Å². The van der Waals surface area contributed by atoms with Crippen LogP contribution < -0.4 is 0 Å². The normalized spacial score (nSPS) is 19.0. The van der Waals surface area contributed by atoms with Crippen molar-refractivity contribution in [3.8, 4) is 0 Å². The Hall–Kier alpha value is -0.423. The van der Waals surface area contributed by atoms with Crippen molar-refractivity contribution in [3.05, 3.63) is 25.3 Å². The molecule has 1 aliphatic rings. The number of rotatable bonds is 11. The molecule has 0 atom stereocenters. The molecule has 3 nitrogen and oxygen atoms in total. The third kappa shape index (κ3) is 5.34. The second kappa shape index (κ2) is 9.66. The first kappa shape index (κ1) is 19.6. The van der Waals surface area contributed by atoms with Crippen LogP contribution in [0.2, 0.25) is 6.04 Å². The fourth-order valence-corrected chi connectivity index (χ4v) is 6.14. The van der Waals surface area contributed by atoms with E-state index in [0.29, 0.717) is 19.8 Å². The Labute approximate surface area is 138 Å². The number of hydrogen-bond acceptors (Lipinski definition) is 3. The summed E-state index contributed by atoms with van der Waals surface area (Å²) in [6.45, 7) is 16.0. The monoisotopic (exact) mass is 326 g/mol. The van der Waals surface area contributed by atoms with Crippen molar-refractivity contribution in [2.24, 2.45) is 11.3 Å². The Bertz CT molecular complexity index is 308. The SMILES string of the molecule is C=CC1(C=C)CCC(CC[Si](OCC)(OCC)OCC)CC1. The highest BCUT2D eigenvalue weighted by molar-refractivity contribution is 6.60. The molecule has 0 bridgehead atoms. The minimum atomic E-state index is -2.47. The number of hydrogen-bond donors (Lipinski definition) is 0. The molecule has 0 aromatic heterocycles. The van der Waals surface area contributed by atoms with Crippen LogP contribution in [0.5, 0.6) is 0 Å². The third-order valence-corrected chi connectivity index (χ3v) is 7.89. The number of allylic oxidation sites excluding steroid dienone is 2. The summed E-state index contributed by atoms with van der Waals surface area (Å²) in [6.07, 6.45) is 10.1. The maximum Gasteiger partial charge on any atom is 0.500 e. The summed E-state index contributed by atoms with van der Waals surface area (Å²) >= 11 is 0. The summed E-state index contributed by atoms with van der Waals surface area (Å²) in [5.74, 6) is 0.737. The van der Waals surface area contributed by atoms with E-state index < -0.39 is 8.80 Å². The second-order valence-electron chi connectivity index (χ2n) is 6.11. The smallest absolute Gasteiger partial charge is 0.374 e. The van der Waals surface area contributed by atoms with E-state index in [1.165, 1.54) is 12.8 Å². The molecule has 4 heteroatoms. The standard InChI is InChI=1S/C18H34O3Si/c1-6-18(7-2)14-11-17(12-15-18)13-16-22(19-8-3,20-9-4)21-10-5/h6-7,17H,1-2,8-16H2,3-5H3. The van der Waals surface area contributed by atoms with Crippen molar-refractivity contribution in [2.45, 2.75) is 58.9 Å². The fraction of sp³-hybridized carbons (Fsp3) is 0.778. The van der Waals surface area contributed by atoms with E-state index in [2.05, 4.69) is 25.3 Å². The lowest BCUT2D eigenvalue weighted by molar-refractivity contribution is 0.0685. The fourth-order valence-electron chi connectivity index (χ4n) is 3.38. The molecule has 0 unspecified atom stereocenters. The summed E-state index contributed by atoms with van der Waals surface area (Å²) in [7, 11) is -2.47. The second-order valence-corrected chi connectivity index (χ2v) is 8.84. The van der Waals surface area contributed by atoms with Crippen molar-refractivity contribution in [1.82, 2.24) is 0 Å². The molecule has 0 aromatic carbocycles. The van der Waals surface area contributed by atoms with Crippen molar-refractivity contribution < 1.29 is 13.3 Å². The van der Waals surface area contributed by atoms with Gasteiger partial charge < -0.3 is 13.3 Å². The lowest BCUT2D eigenvalue weighted by Crippen LogP contribution is -2.46. The molecule has 0 N–H and O–H groups in total. The first-order valence-electron chi connectivity index (χ1n) is 8.78. The zero-order valence-corrected chi connectivity index (χ0v) is 15.7. The summed E-state index contributed by atoms with van der Waals surface area (Å²) in [5, 5.41) is 0. The molecular formula is C18H34O3Si. The summed E-state index contributed by atoms with van der Waals surface area (Å²) in [5.41, 5.74) is 0.158. The molecule has 128 valence electrons. The van der Waals surface area contributed by atoms with Gasteiger partial charge in [0, 0.05) is 31.3 Å². The van der Waals surface area contributed by atoms with Crippen LogP contribution in [0.25, 0.3) is 0 Å². The molecular weight excluding hydrogens is 292 g/mol. The molecule has 0 spiro atoms. The zero-order valence-electron chi connectivity index (χ0n) is 14.7. The van der Waals surface area contributed by atoms with Gasteiger partial charge in [0.25, 0.3) is 0 Å². The Morgan fingerprint density at radius 3 is 1.77 bits per heavy atom. The quantitative estimate of drug-likeness (QED) is 0.396. The van der Waals surface area contributed by atoms with Crippen LogP contribution in [0.4, 0.5) is 0 Å². The van der Waals surface area contributed by atoms with Crippen LogP contribution in [0, 0.1) is 11.3 Å². The van der Waals surface area contributed by atoms with E-state index in [1.54, 1.807) is 0 Å². The van der Waals surface area contributed by atoms with Gasteiger partial charge in [0.2, 0.25) is 0 Å². The Morgan fingerprint density at radius 1 is 0.955 bits per heavy atom. The maximum atomic E-state index is 5.95. The predicted molar refractivity (Wildman–Crippen MR) is 94.8 cm³/mol. The van der Waals surface area contributed by atoms with Crippen LogP contribution in [0.15, 0.2) is 25.3 Å². The predicted octanol–water partition coefficient (Wildman–Crippen LogP) is 4.97. The Morgan fingerprint density at radius 2 is 1.41 bits per heavy atom. The Balaban J connectivity index is 2.55. The largest absolute Gasteiger partial charge is 0.500 e. The van der Waals surface area contributed by atoms with Gasteiger partial charge in [0.05, 0.1) is 0 Å². The van der Waals surface area contributed by atoms with E-state index in [0.717, 1.165) is 31.2 Å². The molecule has 1 fully saturated rings. The zero-order chi connectivity index (χ0) is 16.5. The topological polar surface area (TPSA) is 27.7 Å². The third-order valence-electron chi connectivity index (χ3n) is 4.80. The van der Waals surface area contributed by atoms with E-state index >= 15 is 0 Å². The van der Waals surface area contributed by atoms with Crippen molar-refractivity contribution in [2.75, 3.05) is 19.8 Å². The molecule has 0 saturated heterocycles. The lowest BCUT2D eigenvalue weighted by atomic mass is 9.70. The van der Waals surface area contributed by atoms with Crippen LogP contribution in [0.3, 0.4) is 0 Å². The van der Waals surface area contributed by atoms with Gasteiger partial charge in [-0.25, -0.2) is 0 Å². The highest BCUT2D eigenvalue weighted by Gasteiger charge is 2.41. The first-order valence-corrected chi connectivity index (χ1v) is 10.7. The molecule has 1 saturated carbocycles. The van der Waals surface area contributed by atoms with Gasteiger partial charge in [-0.15, -0.1) is 13.2 Å². The Kier molecular flexibility index (Phi) is 8.61. The molecule has 0 amide bonds. The average molecular weight is 327 g/mol. The molecule has 0 heterocycles. The first-order chi connectivity index (χ1) is 10.6. The highest BCUT2D eigenvalue weighted by Crippen LogP contribution is 2.42. The summed E-state index contributed by atoms with van der Waals surface area (Å²) < 4.78 is 17.8. The van der Waals surface area contributed by atoms with Crippen molar-refractivity contribution in [3.63, 3.8) is 0 Å². The van der Waals surface area contributed by atoms with Gasteiger partial charge in [-0.05, 0) is 58.8 Å². The van der Waals surface area contributed by atoms with Crippen LogP contribution >= 0.6 is 0 Å². The molecule has 0 aliphatic heterocycles. The van der Waals surface area contributed by atoms with Crippen LogP contribution in [0.1, 0.15) is 52.9 Å². The minimum absolute atomic E-state index is 0.158. The van der Waals surface area contributed by atoms with E-state index in [9.17, 15) is 0 Å². The molecule has 0 aromatic rings. The van der Waals surface area contributed by atoms with E-state index in [4.69, 9.17) is 13.3 Å². The average Bonchev–Trinajstić information content (AvgIpc) is 2.54.